The second-order valence-corrected chi connectivity index (χ2v) is 7.31. The number of rotatable bonds is 8. The van der Waals surface area contributed by atoms with E-state index in [9.17, 15) is 9.59 Å². The Morgan fingerprint density at radius 3 is 2.30 bits per heavy atom. The first kappa shape index (κ1) is 21.7. The van der Waals surface area contributed by atoms with Gasteiger partial charge in [0.15, 0.2) is 11.5 Å². The molecule has 0 bridgehead atoms. The van der Waals surface area contributed by atoms with E-state index in [0.717, 1.165) is 12.8 Å². The number of carbonyl (C=O) groups excluding carboxylic acids is 2. The van der Waals surface area contributed by atoms with E-state index in [1.807, 2.05) is 30.0 Å². The fourth-order valence-electron chi connectivity index (χ4n) is 3.66. The third-order valence-corrected chi connectivity index (χ3v) is 5.33. The van der Waals surface area contributed by atoms with Gasteiger partial charge in [-0.15, -0.1) is 0 Å². The maximum absolute atomic E-state index is 12.9. The summed E-state index contributed by atoms with van der Waals surface area (Å²) in [7, 11) is 1.56. The van der Waals surface area contributed by atoms with Crippen LogP contribution in [0.15, 0.2) is 48.5 Å². The van der Waals surface area contributed by atoms with E-state index in [4.69, 9.17) is 9.47 Å². The van der Waals surface area contributed by atoms with Gasteiger partial charge >= 0.3 is 0 Å². The van der Waals surface area contributed by atoms with Crippen molar-refractivity contribution in [3.05, 3.63) is 59.7 Å². The number of amides is 2. The minimum Gasteiger partial charge on any atom is -0.493 e. The number of hydrogen-bond acceptors (Lipinski definition) is 4. The van der Waals surface area contributed by atoms with Crippen LogP contribution in [0.4, 0.5) is 0 Å². The maximum Gasteiger partial charge on any atom is 0.254 e. The van der Waals surface area contributed by atoms with Gasteiger partial charge in [-0.1, -0.05) is 30.3 Å². The van der Waals surface area contributed by atoms with Gasteiger partial charge in [-0.25, -0.2) is 0 Å². The lowest BCUT2D eigenvalue weighted by atomic mass is 10.1. The average molecular weight is 411 g/mol. The molecule has 0 aromatic heterocycles. The van der Waals surface area contributed by atoms with E-state index in [1.54, 1.807) is 30.2 Å². The van der Waals surface area contributed by atoms with Crippen LogP contribution in [0.25, 0.3) is 0 Å². The molecular formula is C24H30N2O4. The number of carbonyl (C=O) groups is 2. The van der Waals surface area contributed by atoms with Gasteiger partial charge in [0.05, 0.1) is 13.7 Å². The van der Waals surface area contributed by atoms with Crippen LogP contribution in [0.3, 0.4) is 0 Å². The summed E-state index contributed by atoms with van der Waals surface area (Å²) < 4.78 is 10.9. The minimum atomic E-state index is -0.0486. The zero-order valence-electron chi connectivity index (χ0n) is 17.8. The Balaban J connectivity index is 1.48. The molecule has 0 aliphatic carbocycles. The van der Waals surface area contributed by atoms with Gasteiger partial charge in [0.2, 0.25) is 5.91 Å². The summed E-state index contributed by atoms with van der Waals surface area (Å²) >= 11 is 0. The third-order valence-electron chi connectivity index (χ3n) is 5.33. The summed E-state index contributed by atoms with van der Waals surface area (Å²) in [6, 6.07) is 15.5. The zero-order valence-corrected chi connectivity index (χ0v) is 17.8. The van der Waals surface area contributed by atoms with Crippen molar-refractivity contribution < 1.29 is 19.1 Å². The topological polar surface area (TPSA) is 59.1 Å². The summed E-state index contributed by atoms with van der Waals surface area (Å²) in [4.78, 5) is 29.0. The van der Waals surface area contributed by atoms with Gasteiger partial charge in [-0.05, 0) is 43.5 Å². The van der Waals surface area contributed by atoms with Crippen LogP contribution in [-0.4, -0.2) is 61.5 Å². The Labute approximate surface area is 178 Å². The summed E-state index contributed by atoms with van der Waals surface area (Å²) in [5, 5.41) is 0. The molecule has 2 amide bonds. The van der Waals surface area contributed by atoms with E-state index < -0.39 is 0 Å². The summed E-state index contributed by atoms with van der Waals surface area (Å²) in [5.41, 5.74) is 1.82. The smallest absolute Gasteiger partial charge is 0.254 e. The normalized spacial score (nSPS) is 13.8. The quantitative estimate of drug-likeness (QED) is 0.669. The van der Waals surface area contributed by atoms with E-state index in [1.165, 1.54) is 5.56 Å². The van der Waals surface area contributed by atoms with Gasteiger partial charge in [0.25, 0.3) is 5.91 Å². The van der Waals surface area contributed by atoms with Crippen molar-refractivity contribution in [1.29, 1.82) is 0 Å². The van der Waals surface area contributed by atoms with Crippen molar-refractivity contribution in [1.82, 2.24) is 9.80 Å². The Hall–Kier alpha value is -3.02. The van der Waals surface area contributed by atoms with E-state index in [2.05, 4.69) is 12.1 Å². The Morgan fingerprint density at radius 2 is 1.63 bits per heavy atom. The van der Waals surface area contributed by atoms with E-state index >= 15 is 0 Å². The average Bonchev–Trinajstić information content (AvgIpc) is 2.80. The Morgan fingerprint density at radius 1 is 0.933 bits per heavy atom. The van der Waals surface area contributed by atoms with Crippen LogP contribution in [0.5, 0.6) is 11.5 Å². The highest BCUT2D eigenvalue weighted by molar-refractivity contribution is 5.95. The monoisotopic (exact) mass is 410 g/mol. The molecular weight excluding hydrogens is 380 g/mol. The molecule has 0 radical (unpaired) electrons. The minimum absolute atomic E-state index is 0.0486. The molecule has 0 N–H and O–H groups in total. The molecule has 3 rings (SSSR count). The number of benzene rings is 2. The molecule has 0 atom stereocenters. The molecule has 1 heterocycles. The highest BCUT2D eigenvalue weighted by atomic mass is 16.5. The predicted octanol–water partition coefficient (Wildman–Crippen LogP) is 3.40. The van der Waals surface area contributed by atoms with Crippen LogP contribution in [0, 0.1) is 0 Å². The molecule has 160 valence electrons. The van der Waals surface area contributed by atoms with Crippen LogP contribution in [0.2, 0.25) is 0 Å². The molecule has 1 aliphatic rings. The number of methoxy groups -OCH3 is 1. The molecule has 1 fully saturated rings. The van der Waals surface area contributed by atoms with Crippen molar-refractivity contribution >= 4 is 11.8 Å². The van der Waals surface area contributed by atoms with Gasteiger partial charge in [0, 0.05) is 38.2 Å². The van der Waals surface area contributed by atoms with Crippen LogP contribution >= 0.6 is 0 Å². The molecule has 2 aromatic rings. The number of ether oxygens (including phenoxy) is 2. The maximum atomic E-state index is 12.9. The SMILES string of the molecule is CCOc1ccc(C(=O)N2CCN(C(=O)CCCc3ccccc3)CC2)cc1OC. The molecule has 6 nitrogen and oxygen atoms in total. The van der Waals surface area contributed by atoms with Gasteiger partial charge in [-0.2, -0.15) is 0 Å². The lowest BCUT2D eigenvalue weighted by Gasteiger charge is -2.35. The van der Waals surface area contributed by atoms with Crippen molar-refractivity contribution in [3.8, 4) is 11.5 Å². The van der Waals surface area contributed by atoms with Gasteiger partial charge in [-0.3, -0.25) is 9.59 Å². The van der Waals surface area contributed by atoms with Gasteiger partial charge in [0.1, 0.15) is 0 Å². The molecule has 0 unspecified atom stereocenters. The first-order valence-electron chi connectivity index (χ1n) is 10.5. The highest BCUT2D eigenvalue weighted by Gasteiger charge is 2.25. The largest absolute Gasteiger partial charge is 0.493 e. The zero-order chi connectivity index (χ0) is 21.3. The fourth-order valence-corrected chi connectivity index (χ4v) is 3.66. The molecule has 30 heavy (non-hydrogen) atoms. The van der Waals surface area contributed by atoms with Crippen LogP contribution < -0.4 is 9.47 Å². The molecule has 1 aliphatic heterocycles. The summed E-state index contributed by atoms with van der Waals surface area (Å²) in [5.74, 6) is 1.30. The number of piperazine rings is 1. The molecule has 2 aromatic carbocycles. The fraction of sp³-hybridized carbons (Fsp3) is 0.417. The number of nitrogens with zero attached hydrogens (tertiary/aromatic N) is 2. The van der Waals surface area contributed by atoms with E-state index in [-0.39, 0.29) is 11.8 Å². The first-order valence-corrected chi connectivity index (χ1v) is 10.5. The third kappa shape index (κ3) is 5.53. The predicted molar refractivity (Wildman–Crippen MR) is 116 cm³/mol. The lowest BCUT2D eigenvalue weighted by Crippen LogP contribution is -2.50. The van der Waals surface area contributed by atoms with Crippen molar-refractivity contribution in [2.24, 2.45) is 0 Å². The van der Waals surface area contributed by atoms with Crippen molar-refractivity contribution in [2.75, 3.05) is 39.9 Å². The van der Waals surface area contributed by atoms with Crippen LogP contribution in [-0.2, 0) is 11.2 Å². The number of hydrogen-bond donors (Lipinski definition) is 0. The highest BCUT2D eigenvalue weighted by Crippen LogP contribution is 2.28. The van der Waals surface area contributed by atoms with Crippen LogP contribution in [0.1, 0.15) is 35.7 Å². The summed E-state index contributed by atoms with van der Waals surface area (Å²) in [6.07, 6.45) is 2.29. The lowest BCUT2D eigenvalue weighted by molar-refractivity contribution is -0.132. The molecule has 6 heteroatoms. The Bertz CT molecular complexity index is 846. The second kappa shape index (κ2) is 10.7. The second-order valence-electron chi connectivity index (χ2n) is 7.31. The summed E-state index contributed by atoms with van der Waals surface area (Å²) in [6.45, 7) is 4.66. The van der Waals surface area contributed by atoms with Crippen molar-refractivity contribution in [2.45, 2.75) is 26.2 Å². The Kier molecular flexibility index (Phi) is 7.71. The number of aryl methyl sites for hydroxylation is 1. The molecule has 0 saturated carbocycles. The van der Waals surface area contributed by atoms with E-state index in [0.29, 0.717) is 56.3 Å². The molecule has 1 saturated heterocycles. The van der Waals surface area contributed by atoms with Crippen molar-refractivity contribution in [3.63, 3.8) is 0 Å². The standard InChI is InChI=1S/C24H30N2O4/c1-3-30-21-13-12-20(18-22(21)29-2)24(28)26-16-14-25(15-17-26)23(27)11-7-10-19-8-5-4-6-9-19/h4-6,8-9,12-13,18H,3,7,10-11,14-17H2,1-2H3. The van der Waals surface area contributed by atoms with Gasteiger partial charge < -0.3 is 19.3 Å². The molecule has 0 spiro atoms. The first-order chi connectivity index (χ1) is 14.6.